The van der Waals surface area contributed by atoms with Gasteiger partial charge in [-0.2, -0.15) is 10.2 Å². The lowest BCUT2D eigenvalue weighted by Gasteiger charge is -1.94. The number of azo groups is 1. The van der Waals surface area contributed by atoms with Crippen molar-refractivity contribution in [2.24, 2.45) is 10.2 Å². The third-order valence-electron chi connectivity index (χ3n) is 2.25. The molecule has 0 unspecified atom stereocenters. The van der Waals surface area contributed by atoms with Crippen molar-refractivity contribution in [3.05, 3.63) is 35.9 Å². The molecule has 0 amide bonds. The van der Waals surface area contributed by atoms with E-state index in [4.69, 9.17) is 0 Å². The Hall–Kier alpha value is -1.18. The van der Waals surface area contributed by atoms with E-state index in [0.717, 1.165) is 0 Å². The Morgan fingerprint density at radius 3 is 2.67 bits per heavy atom. The van der Waals surface area contributed by atoms with Crippen LogP contribution in [0.5, 0.6) is 0 Å². The highest BCUT2D eigenvalue weighted by molar-refractivity contribution is 5.27. The number of rotatable bonds is 2. The maximum absolute atomic E-state index is 4.12. The van der Waals surface area contributed by atoms with Crippen LogP contribution in [0, 0.1) is 0 Å². The smallest absolute Gasteiger partial charge is 0.0783 e. The van der Waals surface area contributed by atoms with Crippen molar-refractivity contribution in [3.63, 3.8) is 0 Å². The quantitative estimate of drug-likeness (QED) is 0.594. The minimum Gasteiger partial charge on any atom is -0.197 e. The normalized spacial score (nSPS) is 27.8. The highest BCUT2D eigenvalue weighted by Crippen LogP contribution is 2.43. The molecule has 12 heavy (non-hydrogen) atoms. The Morgan fingerprint density at radius 2 is 2.00 bits per heavy atom. The molecule has 0 bridgehead atoms. The summed E-state index contributed by atoms with van der Waals surface area (Å²) in [4.78, 5) is 0. The van der Waals surface area contributed by atoms with Crippen LogP contribution in [-0.4, -0.2) is 13.1 Å². The lowest BCUT2D eigenvalue weighted by molar-refractivity contribution is 0.892. The molecule has 0 aromatic heterocycles. The van der Waals surface area contributed by atoms with Gasteiger partial charge in [0.1, 0.15) is 0 Å². The van der Waals surface area contributed by atoms with E-state index in [1.807, 2.05) is 6.07 Å². The van der Waals surface area contributed by atoms with Gasteiger partial charge < -0.3 is 0 Å². The van der Waals surface area contributed by atoms with Gasteiger partial charge in [0.25, 0.3) is 0 Å². The van der Waals surface area contributed by atoms with Gasteiger partial charge >= 0.3 is 0 Å². The first-order valence-corrected chi connectivity index (χ1v) is 4.25. The van der Waals surface area contributed by atoms with E-state index in [-0.39, 0.29) is 0 Å². The summed E-state index contributed by atoms with van der Waals surface area (Å²) in [7, 11) is 1.74. The van der Waals surface area contributed by atoms with Crippen molar-refractivity contribution < 1.29 is 0 Å². The maximum Gasteiger partial charge on any atom is 0.0783 e. The van der Waals surface area contributed by atoms with Gasteiger partial charge in [-0.05, 0) is 12.0 Å². The van der Waals surface area contributed by atoms with Gasteiger partial charge in [-0.15, -0.1) is 0 Å². The minimum atomic E-state index is 0.456. The molecule has 2 atom stereocenters. The van der Waals surface area contributed by atoms with E-state index >= 15 is 0 Å². The van der Waals surface area contributed by atoms with Crippen molar-refractivity contribution in [3.8, 4) is 0 Å². The Kier molecular flexibility index (Phi) is 1.90. The molecule has 1 fully saturated rings. The van der Waals surface area contributed by atoms with Gasteiger partial charge in [0.05, 0.1) is 6.04 Å². The van der Waals surface area contributed by atoms with Gasteiger partial charge in [-0.1, -0.05) is 30.3 Å². The Balaban J connectivity index is 2.06. The Morgan fingerprint density at radius 1 is 1.25 bits per heavy atom. The Labute approximate surface area is 72.3 Å². The highest BCUT2D eigenvalue weighted by atomic mass is 15.1. The summed E-state index contributed by atoms with van der Waals surface area (Å²) < 4.78 is 0. The molecule has 1 aliphatic rings. The average molecular weight is 160 g/mol. The van der Waals surface area contributed by atoms with Crippen molar-refractivity contribution >= 4 is 0 Å². The molecule has 0 aliphatic heterocycles. The minimum absolute atomic E-state index is 0.456. The summed E-state index contributed by atoms with van der Waals surface area (Å²) in [5.41, 5.74) is 1.40. The largest absolute Gasteiger partial charge is 0.197 e. The third kappa shape index (κ3) is 1.37. The molecular formula is C10H12N2. The zero-order valence-corrected chi connectivity index (χ0v) is 7.14. The fourth-order valence-electron chi connectivity index (χ4n) is 1.52. The summed E-state index contributed by atoms with van der Waals surface area (Å²) in [5.74, 6) is 0.634. The molecule has 0 saturated heterocycles. The summed E-state index contributed by atoms with van der Waals surface area (Å²) in [6.45, 7) is 0. The SMILES string of the molecule is CN=N[C@@H]1C[C@H]1c1ccccc1. The molecule has 1 aromatic rings. The predicted octanol–water partition coefficient (Wildman–Crippen LogP) is 2.62. The topological polar surface area (TPSA) is 24.7 Å². The molecule has 0 spiro atoms. The van der Waals surface area contributed by atoms with Crippen LogP contribution >= 0.6 is 0 Å². The second-order valence-corrected chi connectivity index (χ2v) is 3.14. The third-order valence-corrected chi connectivity index (χ3v) is 2.25. The van der Waals surface area contributed by atoms with Crippen LogP contribution in [0.2, 0.25) is 0 Å². The first kappa shape index (κ1) is 7.47. The first-order valence-electron chi connectivity index (χ1n) is 4.25. The monoisotopic (exact) mass is 160 g/mol. The van der Waals surface area contributed by atoms with E-state index < -0.39 is 0 Å². The van der Waals surface area contributed by atoms with Crippen LogP contribution in [0.1, 0.15) is 17.9 Å². The van der Waals surface area contributed by atoms with Crippen molar-refractivity contribution in [2.45, 2.75) is 18.4 Å². The molecule has 0 heterocycles. The number of nitrogens with zero attached hydrogens (tertiary/aromatic N) is 2. The fraction of sp³-hybridized carbons (Fsp3) is 0.400. The Bertz CT molecular complexity index is 279. The average Bonchev–Trinajstić information content (AvgIpc) is 2.87. The van der Waals surface area contributed by atoms with E-state index in [1.165, 1.54) is 12.0 Å². The van der Waals surface area contributed by atoms with Crippen LogP contribution in [0.4, 0.5) is 0 Å². The second kappa shape index (κ2) is 3.05. The lowest BCUT2D eigenvalue weighted by atomic mass is 10.1. The molecule has 1 aliphatic carbocycles. The van der Waals surface area contributed by atoms with Crippen LogP contribution in [0.25, 0.3) is 0 Å². The second-order valence-electron chi connectivity index (χ2n) is 3.14. The molecule has 0 radical (unpaired) electrons. The van der Waals surface area contributed by atoms with E-state index in [1.54, 1.807) is 7.05 Å². The summed E-state index contributed by atoms with van der Waals surface area (Å²) in [5, 5.41) is 7.92. The van der Waals surface area contributed by atoms with E-state index in [2.05, 4.69) is 34.5 Å². The summed E-state index contributed by atoms with van der Waals surface area (Å²) >= 11 is 0. The van der Waals surface area contributed by atoms with Crippen LogP contribution in [-0.2, 0) is 0 Å². The zero-order chi connectivity index (χ0) is 8.39. The van der Waals surface area contributed by atoms with Crippen molar-refractivity contribution in [1.82, 2.24) is 0 Å². The standard InChI is InChI=1S/C10H12N2/c1-11-12-10-7-9(10)8-5-3-2-4-6-8/h2-6,9-10H,7H2,1H3/t9-,10+/m0/s1. The van der Waals surface area contributed by atoms with Crippen LogP contribution in [0.3, 0.4) is 0 Å². The van der Waals surface area contributed by atoms with Gasteiger partial charge in [0, 0.05) is 13.0 Å². The van der Waals surface area contributed by atoms with Gasteiger partial charge in [-0.25, -0.2) is 0 Å². The molecule has 2 rings (SSSR count). The predicted molar refractivity (Wildman–Crippen MR) is 48.4 cm³/mol. The van der Waals surface area contributed by atoms with Crippen LogP contribution in [0.15, 0.2) is 40.6 Å². The van der Waals surface area contributed by atoms with Crippen molar-refractivity contribution in [2.75, 3.05) is 7.05 Å². The van der Waals surface area contributed by atoms with E-state index in [0.29, 0.717) is 12.0 Å². The molecule has 2 heteroatoms. The summed E-state index contributed by atoms with van der Waals surface area (Å²) in [6, 6.07) is 11.0. The fourth-order valence-corrected chi connectivity index (χ4v) is 1.52. The maximum atomic E-state index is 4.12. The zero-order valence-electron chi connectivity index (χ0n) is 7.14. The first-order chi connectivity index (χ1) is 5.92. The van der Waals surface area contributed by atoms with Gasteiger partial charge in [0.2, 0.25) is 0 Å². The van der Waals surface area contributed by atoms with Gasteiger partial charge in [-0.3, -0.25) is 0 Å². The molecular weight excluding hydrogens is 148 g/mol. The van der Waals surface area contributed by atoms with Crippen LogP contribution < -0.4 is 0 Å². The molecule has 62 valence electrons. The molecule has 1 aromatic carbocycles. The highest BCUT2D eigenvalue weighted by Gasteiger charge is 2.38. The van der Waals surface area contributed by atoms with Gasteiger partial charge in [0.15, 0.2) is 0 Å². The number of benzene rings is 1. The van der Waals surface area contributed by atoms with Crippen molar-refractivity contribution in [1.29, 1.82) is 0 Å². The molecule has 2 nitrogen and oxygen atoms in total. The lowest BCUT2D eigenvalue weighted by Crippen LogP contribution is -1.82. The molecule has 1 saturated carbocycles. The summed E-state index contributed by atoms with van der Waals surface area (Å²) in [6.07, 6.45) is 1.17. The number of hydrogen-bond acceptors (Lipinski definition) is 2. The molecule has 0 N–H and O–H groups in total. The number of hydrogen-bond donors (Lipinski definition) is 0. The van der Waals surface area contributed by atoms with E-state index in [9.17, 15) is 0 Å².